The summed E-state index contributed by atoms with van der Waals surface area (Å²) in [6.07, 6.45) is 0. The van der Waals surface area contributed by atoms with Crippen LogP contribution in [-0.2, 0) is 0 Å². The Morgan fingerprint density at radius 3 is 2.53 bits per heavy atom. The summed E-state index contributed by atoms with van der Waals surface area (Å²) < 4.78 is 10.6. The van der Waals surface area contributed by atoms with E-state index in [1.165, 1.54) is 5.56 Å². The molecule has 94 valence electrons. The molecule has 4 nitrogen and oxygen atoms in total. The Bertz CT molecular complexity index is 395. The number of ether oxygens (including phenoxy) is 2. The van der Waals surface area contributed by atoms with E-state index >= 15 is 0 Å². The Hall–Kier alpha value is -1.26. The topological polar surface area (TPSA) is 47.7 Å². The van der Waals surface area contributed by atoms with Gasteiger partial charge in [0.25, 0.3) is 0 Å². The summed E-state index contributed by atoms with van der Waals surface area (Å²) in [5.41, 5.74) is 7.34. The van der Waals surface area contributed by atoms with Gasteiger partial charge in [0, 0.05) is 36.7 Å². The number of likely N-dealkylation sites (tertiary alicyclic amines) is 1. The Morgan fingerprint density at radius 2 is 2.00 bits per heavy atom. The van der Waals surface area contributed by atoms with Crippen LogP contribution in [0, 0.1) is 0 Å². The van der Waals surface area contributed by atoms with Crippen molar-refractivity contribution in [3.8, 4) is 11.5 Å². The maximum absolute atomic E-state index is 6.17. The molecule has 17 heavy (non-hydrogen) atoms. The fraction of sp³-hybridized carbons (Fsp3) is 0.538. The van der Waals surface area contributed by atoms with Gasteiger partial charge in [-0.05, 0) is 13.1 Å². The standard InChI is InChI=1S/C13H20N2O2/c1-15-7-11(12(14)8-15)10-5-4-9(16-2)6-13(10)17-3/h4-6,11-12H,7-8,14H2,1-3H3. The fourth-order valence-corrected chi connectivity index (χ4v) is 2.49. The predicted octanol–water partition coefficient (Wildman–Crippen LogP) is 1.06. The third-order valence-corrected chi connectivity index (χ3v) is 3.39. The van der Waals surface area contributed by atoms with Crippen molar-refractivity contribution < 1.29 is 9.47 Å². The van der Waals surface area contributed by atoms with E-state index in [2.05, 4.69) is 18.0 Å². The first-order chi connectivity index (χ1) is 8.15. The van der Waals surface area contributed by atoms with Crippen molar-refractivity contribution in [3.05, 3.63) is 23.8 Å². The van der Waals surface area contributed by atoms with Crippen LogP contribution in [0.4, 0.5) is 0 Å². The number of rotatable bonds is 3. The number of hydrogen-bond donors (Lipinski definition) is 1. The minimum atomic E-state index is 0.169. The van der Waals surface area contributed by atoms with Gasteiger partial charge in [0.05, 0.1) is 14.2 Å². The average Bonchev–Trinajstić information content (AvgIpc) is 2.67. The lowest BCUT2D eigenvalue weighted by molar-refractivity contribution is 0.384. The Kier molecular flexibility index (Phi) is 3.54. The summed E-state index contributed by atoms with van der Waals surface area (Å²) >= 11 is 0. The van der Waals surface area contributed by atoms with Crippen LogP contribution in [0.15, 0.2) is 18.2 Å². The number of benzene rings is 1. The molecule has 0 amide bonds. The number of hydrogen-bond acceptors (Lipinski definition) is 4. The van der Waals surface area contributed by atoms with Crippen molar-refractivity contribution in [2.24, 2.45) is 5.73 Å². The molecule has 1 aliphatic rings. The molecule has 0 saturated carbocycles. The zero-order valence-electron chi connectivity index (χ0n) is 10.6. The monoisotopic (exact) mass is 236 g/mol. The zero-order valence-corrected chi connectivity index (χ0v) is 10.6. The molecular formula is C13H20N2O2. The average molecular weight is 236 g/mol. The Labute approximate surface area is 102 Å². The van der Waals surface area contributed by atoms with Crippen molar-refractivity contribution in [3.63, 3.8) is 0 Å². The lowest BCUT2D eigenvalue weighted by atomic mass is 9.94. The van der Waals surface area contributed by atoms with Gasteiger partial charge in [0.1, 0.15) is 11.5 Å². The second-order valence-electron chi connectivity index (χ2n) is 4.60. The largest absolute Gasteiger partial charge is 0.497 e. The second kappa shape index (κ2) is 4.94. The molecule has 2 atom stereocenters. The quantitative estimate of drug-likeness (QED) is 0.852. The summed E-state index contributed by atoms with van der Waals surface area (Å²) in [5, 5.41) is 0. The second-order valence-corrected chi connectivity index (χ2v) is 4.60. The zero-order chi connectivity index (χ0) is 12.4. The van der Waals surface area contributed by atoms with Gasteiger partial charge in [-0.3, -0.25) is 0 Å². The van der Waals surface area contributed by atoms with Gasteiger partial charge < -0.3 is 20.1 Å². The van der Waals surface area contributed by atoms with Crippen LogP contribution in [0.1, 0.15) is 11.5 Å². The Balaban J connectivity index is 2.31. The lowest BCUT2D eigenvalue weighted by Gasteiger charge is -2.18. The van der Waals surface area contributed by atoms with Gasteiger partial charge >= 0.3 is 0 Å². The normalized spacial score (nSPS) is 24.9. The van der Waals surface area contributed by atoms with Gasteiger partial charge in [0.15, 0.2) is 0 Å². The first kappa shape index (κ1) is 12.2. The molecular weight excluding hydrogens is 216 g/mol. The van der Waals surface area contributed by atoms with E-state index in [0.717, 1.165) is 24.6 Å². The SMILES string of the molecule is COc1ccc(C2CN(C)CC2N)c(OC)c1. The van der Waals surface area contributed by atoms with E-state index in [1.54, 1.807) is 14.2 Å². The number of methoxy groups -OCH3 is 2. The third-order valence-electron chi connectivity index (χ3n) is 3.39. The van der Waals surface area contributed by atoms with E-state index in [-0.39, 0.29) is 6.04 Å². The molecule has 0 aromatic heterocycles. The van der Waals surface area contributed by atoms with E-state index in [0.29, 0.717) is 5.92 Å². The van der Waals surface area contributed by atoms with Gasteiger partial charge in [0.2, 0.25) is 0 Å². The first-order valence-corrected chi connectivity index (χ1v) is 5.81. The molecule has 0 aliphatic carbocycles. The van der Waals surface area contributed by atoms with Gasteiger partial charge in [-0.15, -0.1) is 0 Å². The minimum Gasteiger partial charge on any atom is -0.497 e. The van der Waals surface area contributed by atoms with E-state index < -0.39 is 0 Å². The Morgan fingerprint density at radius 1 is 1.24 bits per heavy atom. The molecule has 1 aromatic rings. The van der Waals surface area contributed by atoms with Crippen LogP contribution in [-0.4, -0.2) is 45.3 Å². The van der Waals surface area contributed by atoms with Crippen molar-refractivity contribution in [1.82, 2.24) is 4.90 Å². The van der Waals surface area contributed by atoms with E-state index in [1.807, 2.05) is 12.1 Å². The molecule has 1 saturated heterocycles. The summed E-state index contributed by atoms with van der Waals surface area (Å²) in [6, 6.07) is 6.10. The predicted molar refractivity (Wildman–Crippen MR) is 67.8 cm³/mol. The van der Waals surface area contributed by atoms with Gasteiger partial charge in [-0.25, -0.2) is 0 Å². The summed E-state index contributed by atoms with van der Waals surface area (Å²) in [5.74, 6) is 2.01. The van der Waals surface area contributed by atoms with E-state index in [9.17, 15) is 0 Å². The highest BCUT2D eigenvalue weighted by Gasteiger charge is 2.31. The van der Waals surface area contributed by atoms with Crippen LogP contribution in [0.5, 0.6) is 11.5 Å². The van der Waals surface area contributed by atoms with Gasteiger partial charge in [-0.1, -0.05) is 6.07 Å². The smallest absolute Gasteiger partial charge is 0.126 e. The number of nitrogens with zero attached hydrogens (tertiary/aromatic N) is 1. The van der Waals surface area contributed by atoms with E-state index in [4.69, 9.17) is 15.2 Å². The molecule has 0 radical (unpaired) electrons. The van der Waals surface area contributed by atoms with Crippen LogP contribution in [0.25, 0.3) is 0 Å². The molecule has 0 bridgehead atoms. The number of likely N-dealkylation sites (N-methyl/N-ethyl adjacent to an activating group) is 1. The molecule has 1 aromatic carbocycles. The molecule has 2 unspecified atom stereocenters. The summed E-state index contributed by atoms with van der Waals surface area (Å²) in [6.45, 7) is 1.91. The summed E-state index contributed by atoms with van der Waals surface area (Å²) in [7, 11) is 5.43. The van der Waals surface area contributed by atoms with Crippen LogP contribution < -0.4 is 15.2 Å². The third kappa shape index (κ3) is 2.37. The number of nitrogens with two attached hydrogens (primary N) is 1. The van der Waals surface area contributed by atoms with Gasteiger partial charge in [-0.2, -0.15) is 0 Å². The molecule has 2 N–H and O–H groups in total. The minimum absolute atomic E-state index is 0.169. The molecule has 0 spiro atoms. The maximum atomic E-state index is 6.17. The van der Waals surface area contributed by atoms with Crippen molar-refractivity contribution in [1.29, 1.82) is 0 Å². The fourth-order valence-electron chi connectivity index (χ4n) is 2.49. The first-order valence-electron chi connectivity index (χ1n) is 5.81. The molecule has 2 rings (SSSR count). The highest BCUT2D eigenvalue weighted by molar-refractivity contribution is 5.44. The maximum Gasteiger partial charge on any atom is 0.126 e. The molecule has 1 heterocycles. The molecule has 4 heteroatoms. The van der Waals surface area contributed by atoms with Crippen molar-refractivity contribution in [2.75, 3.05) is 34.4 Å². The summed E-state index contributed by atoms with van der Waals surface area (Å²) in [4.78, 5) is 2.25. The molecule has 1 fully saturated rings. The lowest BCUT2D eigenvalue weighted by Crippen LogP contribution is -2.28. The van der Waals surface area contributed by atoms with Crippen LogP contribution in [0.2, 0.25) is 0 Å². The van der Waals surface area contributed by atoms with Crippen molar-refractivity contribution in [2.45, 2.75) is 12.0 Å². The highest BCUT2D eigenvalue weighted by atomic mass is 16.5. The highest BCUT2D eigenvalue weighted by Crippen LogP contribution is 2.34. The molecule has 1 aliphatic heterocycles. The van der Waals surface area contributed by atoms with Crippen LogP contribution in [0.3, 0.4) is 0 Å². The van der Waals surface area contributed by atoms with Crippen LogP contribution >= 0.6 is 0 Å². The van der Waals surface area contributed by atoms with Crippen molar-refractivity contribution >= 4 is 0 Å².